The van der Waals surface area contributed by atoms with E-state index in [1.54, 1.807) is 20.8 Å². The number of hydrogen-bond acceptors (Lipinski definition) is 8. The zero-order chi connectivity index (χ0) is 25.6. The number of carbonyl (C=O) groups excluding carboxylic acids is 3. The van der Waals surface area contributed by atoms with Crippen molar-refractivity contribution in [1.29, 1.82) is 0 Å². The minimum Gasteiger partial charge on any atom is -0.855 e. The van der Waals surface area contributed by atoms with Crippen LogP contribution in [0.3, 0.4) is 0 Å². The van der Waals surface area contributed by atoms with Crippen molar-refractivity contribution in [2.75, 3.05) is 19.8 Å². The van der Waals surface area contributed by atoms with Crippen LogP contribution in [-0.4, -0.2) is 43.7 Å². The average molecular weight is 553 g/mol. The second-order valence-electron chi connectivity index (χ2n) is 6.79. The molecule has 0 radical (unpaired) electrons. The molecular weight excluding hydrogens is 488 g/mol. The second-order valence-corrected chi connectivity index (χ2v) is 6.79. The molecule has 21 N–H and O–H groups in total. The van der Waals surface area contributed by atoms with Gasteiger partial charge >= 0.3 is 0 Å². The lowest BCUT2D eigenvalue weighted by Crippen LogP contribution is -2.48. The maximum absolute atomic E-state index is 11.6. The van der Waals surface area contributed by atoms with Crippen LogP contribution < -0.4 is 61.6 Å². The van der Waals surface area contributed by atoms with Gasteiger partial charge in [-0.3, -0.25) is 4.79 Å². The summed E-state index contributed by atoms with van der Waals surface area (Å²) >= 11 is 0. The number of carbonyl (C=O) groups is 3. The van der Waals surface area contributed by atoms with E-state index in [0.717, 1.165) is 12.8 Å². The maximum atomic E-state index is 11.6. The van der Waals surface area contributed by atoms with Gasteiger partial charge in [-0.15, -0.1) is 19.8 Å². The molecule has 37 heavy (non-hydrogen) atoms. The largest absolute Gasteiger partial charge is 0.855 e. The van der Waals surface area contributed by atoms with Crippen molar-refractivity contribution in [2.45, 2.75) is 111 Å². The standard InChI is InChI=1S/C17H31NO5.3C2H5O.5H3N/c1-2-3-4-5-6-7-8-9-10-11-15(19)18-14(17(22)23)12-13-16(20)21;3*1-2-3;;;;;/h14H,2-13H2,1H3,(H,18,19)(H,20,21)(H,22,23);3*2H2,1H3;5*1H3/q;3*-1;;;;;/p+3/t14-;;;;;;;;/m0......../s1. The van der Waals surface area contributed by atoms with Crippen molar-refractivity contribution in [3.63, 3.8) is 0 Å². The highest BCUT2D eigenvalue weighted by Gasteiger charge is 2.13. The smallest absolute Gasteiger partial charge is 0.220 e. The van der Waals surface area contributed by atoms with Crippen LogP contribution in [0.25, 0.3) is 0 Å². The zero-order valence-electron chi connectivity index (χ0n) is 25.4. The van der Waals surface area contributed by atoms with Crippen LogP contribution in [0, 0.1) is 0 Å². The van der Waals surface area contributed by atoms with Crippen LogP contribution in [-0.2, 0) is 14.4 Å². The predicted octanol–water partition coefficient (Wildman–Crippen LogP) is 0.653. The Morgan fingerprint density at radius 3 is 1.22 bits per heavy atom. The van der Waals surface area contributed by atoms with Crippen molar-refractivity contribution in [3.05, 3.63) is 0 Å². The van der Waals surface area contributed by atoms with Crippen molar-refractivity contribution in [2.24, 2.45) is 0 Å². The van der Waals surface area contributed by atoms with Gasteiger partial charge in [-0.05, 0) is 19.3 Å². The number of nitrogens with one attached hydrogen (secondary N) is 1. The molecule has 234 valence electrons. The Morgan fingerprint density at radius 1 is 0.595 bits per heavy atom. The molecule has 1 atom stereocenters. The normalized spacial score (nSPS) is 8.84. The van der Waals surface area contributed by atoms with Gasteiger partial charge in [-0.1, -0.05) is 79.1 Å². The molecule has 0 rings (SSSR count). The fourth-order valence-corrected chi connectivity index (χ4v) is 2.37. The molecule has 0 aliphatic carbocycles. The fourth-order valence-electron chi connectivity index (χ4n) is 2.37. The van der Waals surface area contributed by atoms with E-state index < -0.39 is 24.4 Å². The van der Waals surface area contributed by atoms with E-state index in [4.69, 9.17) is 15.3 Å². The Hall–Kier alpha value is -1.91. The van der Waals surface area contributed by atoms with Crippen LogP contribution in [0.2, 0.25) is 0 Å². The number of carboxylic acid groups (broad SMARTS) is 2. The first kappa shape index (κ1) is 59.9. The lowest BCUT2D eigenvalue weighted by Gasteiger charge is -2.19. The Kier molecular flexibility index (Phi) is 88.8. The summed E-state index contributed by atoms with van der Waals surface area (Å²) in [6.45, 7) is 6.90. The van der Waals surface area contributed by atoms with Crippen molar-refractivity contribution in [3.8, 4) is 0 Å². The highest BCUT2D eigenvalue weighted by atomic mass is 16.4. The van der Waals surface area contributed by atoms with E-state index in [0.29, 0.717) is 6.42 Å². The molecule has 0 heterocycles. The molecule has 0 bridgehead atoms. The van der Waals surface area contributed by atoms with Gasteiger partial charge in [0.25, 0.3) is 0 Å². The average Bonchev–Trinajstić information content (AvgIpc) is 2.71. The molecule has 14 heteroatoms. The van der Waals surface area contributed by atoms with E-state index in [9.17, 15) is 24.6 Å². The quantitative estimate of drug-likeness (QED) is 0.156. The van der Waals surface area contributed by atoms with Gasteiger partial charge in [0.2, 0.25) is 5.91 Å². The summed E-state index contributed by atoms with van der Waals surface area (Å²) < 4.78 is 0. The fraction of sp³-hybridized carbons (Fsp3) is 0.870. The van der Waals surface area contributed by atoms with Gasteiger partial charge in [0, 0.05) is 12.4 Å². The van der Waals surface area contributed by atoms with E-state index in [2.05, 4.69) is 12.2 Å². The Morgan fingerprint density at radius 2 is 0.919 bits per heavy atom. The van der Waals surface area contributed by atoms with Gasteiger partial charge < -0.3 is 71.2 Å². The van der Waals surface area contributed by atoms with Gasteiger partial charge in [0.15, 0.2) is 0 Å². The van der Waals surface area contributed by atoms with Crippen molar-refractivity contribution >= 4 is 17.8 Å². The second kappa shape index (κ2) is 54.8. The highest BCUT2D eigenvalue weighted by molar-refractivity contribution is 5.83. The summed E-state index contributed by atoms with van der Waals surface area (Å²) in [6, 6.07) is -1.26. The number of carboxylic acids is 2. The van der Waals surface area contributed by atoms with Crippen LogP contribution in [0.15, 0.2) is 0 Å². The third kappa shape index (κ3) is 71.9. The molecule has 0 saturated carbocycles. The molecule has 0 aliphatic rings. The Balaban J connectivity index is -0.0000000699. The Bertz CT molecular complexity index is 418. The molecule has 1 amide bonds. The van der Waals surface area contributed by atoms with E-state index >= 15 is 0 Å². The van der Waals surface area contributed by atoms with E-state index in [-0.39, 0.29) is 69.3 Å². The first-order valence-corrected chi connectivity index (χ1v) is 11.7. The molecule has 0 aromatic rings. The molecule has 0 aromatic carbocycles. The first-order chi connectivity index (χ1) is 15.2. The minimum absolute atomic E-state index is 0. The van der Waals surface area contributed by atoms with Gasteiger partial charge in [0.1, 0.15) is 0 Å². The minimum atomic E-state index is -1.47. The summed E-state index contributed by atoms with van der Waals surface area (Å²) in [4.78, 5) is 32.8. The van der Waals surface area contributed by atoms with Crippen LogP contribution in [0.1, 0.15) is 105 Å². The number of amides is 1. The van der Waals surface area contributed by atoms with Crippen LogP contribution >= 0.6 is 0 Å². The molecule has 0 saturated heterocycles. The number of hydrogen-bond donors (Lipinski definition) is 6. The lowest BCUT2D eigenvalue weighted by atomic mass is 10.1. The number of quaternary nitrogens is 5. The summed E-state index contributed by atoms with van der Waals surface area (Å²) in [5, 5.41) is 50.3. The topological polar surface area (TPSA) is 361 Å². The molecule has 0 spiro atoms. The van der Waals surface area contributed by atoms with Gasteiger partial charge in [0.05, 0.1) is 12.0 Å². The number of rotatable bonds is 15. The van der Waals surface area contributed by atoms with E-state index in [1.165, 1.54) is 38.5 Å². The zero-order valence-corrected chi connectivity index (χ0v) is 25.4. The predicted molar refractivity (Wildman–Crippen MR) is 145 cm³/mol. The summed E-state index contributed by atoms with van der Waals surface area (Å²) in [5.41, 5.74) is 0. The third-order valence-corrected chi connectivity index (χ3v) is 3.76. The molecule has 14 nitrogen and oxygen atoms in total. The molecule has 0 fully saturated rings. The summed E-state index contributed by atoms with van der Waals surface area (Å²) in [5.74, 6) is -3.18. The first-order valence-electron chi connectivity index (χ1n) is 11.7. The van der Waals surface area contributed by atoms with Gasteiger partial charge in [-0.25, -0.2) is 0 Å². The van der Waals surface area contributed by atoms with E-state index in [1.807, 2.05) is 0 Å². The third-order valence-electron chi connectivity index (χ3n) is 3.76. The maximum Gasteiger partial charge on any atom is 0.220 e. The summed E-state index contributed by atoms with van der Waals surface area (Å²) in [7, 11) is 0. The molecule has 0 unspecified atom stereocenters. The van der Waals surface area contributed by atoms with Crippen LogP contribution in [0.5, 0.6) is 0 Å². The van der Waals surface area contributed by atoms with Crippen LogP contribution in [0.4, 0.5) is 0 Å². The number of aliphatic carboxylic acids is 2. The lowest BCUT2D eigenvalue weighted by molar-refractivity contribution is -0.362. The monoisotopic (exact) mass is 552 g/mol. The van der Waals surface area contributed by atoms with Crippen molar-refractivity contribution in [1.82, 2.24) is 36.1 Å². The Labute approximate surface area is 224 Å². The molecular formula is C23H64N6O8. The molecule has 0 aliphatic heterocycles. The van der Waals surface area contributed by atoms with Gasteiger partial charge in [-0.2, -0.15) is 0 Å². The van der Waals surface area contributed by atoms with Crippen molar-refractivity contribution < 1.29 is 39.9 Å². The highest BCUT2D eigenvalue weighted by Crippen LogP contribution is 2.10. The number of unbranched alkanes of at least 4 members (excludes halogenated alkanes) is 8. The summed E-state index contributed by atoms with van der Waals surface area (Å²) in [6.07, 6.45) is 9.82. The SMILES string of the molecule is CCCCCCCCCCCC(=O)N[C@@H](CCC(=O)[O-])C(=O)[O-].CC[O-].CC[O-].CC[O-].[NH4+].[NH4+].[NH4+].[NH4+].[NH4+]. The molecule has 0 aromatic heterocycles.